The van der Waals surface area contributed by atoms with Gasteiger partial charge in [-0.15, -0.1) is 0 Å². The van der Waals surface area contributed by atoms with Crippen molar-refractivity contribution in [3.05, 3.63) is 64.8 Å². The van der Waals surface area contributed by atoms with Gasteiger partial charge >= 0.3 is 0 Å². The molecule has 30 heavy (non-hydrogen) atoms. The lowest BCUT2D eigenvalue weighted by atomic mass is 10.1. The minimum atomic E-state index is 0.539. The molecule has 0 aliphatic heterocycles. The Morgan fingerprint density at radius 2 is 1.27 bits per heavy atom. The summed E-state index contributed by atoms with van der Waals surface area (Å²) in [7, 11) is 1.60. The molecule has 140 valence electrons. The number of methoxy groups -OCH3 is 1. The van der Waals surface area contributed by atoms with Crippen LogP contribution < -0.4 is 15.5 Å². The monoisotopic (exact) mass is 388 g/mol. The fraction of sp³-hybridized carbons (Fsp3) is 0.0417. The first-order valence-electron chi connectivity index (χ1n) is 9.11. The summed E-state index contributed by atoms with van der Waals surface area (Å²) in [4.78, 5) is 19.4. The number of benzene rings is 3. The number of carbonyl (C=O) groups excluding carboxylic acids is 1. The van der Waals surface area contributed by atoms with Crippen molar-refractivity contribution in [3.63, 3.8) is 0 Å². The molecule has 5 aromatic rings. The zero-order chi connectivity index (χ0) is 20.8. The Morgan fingerprint density at radius 3 is 1.80 bits per heavy atom. The largest absolute Gasteiger partial charge is 0.497 e. The molecule has 0 atom stereocenters. The van der Waals surface area contributed by atoms with Crippen molar-refractivity contribution in [3.8, 4) is 18.1 Å². The molecule has 0 saturated heterocycles. The Kier molecular flexibility index (Phi) is 3.81. The van der Waals surface area contributed by atoms with Gasteiger partial charge in [0.15, 0.2) is 0 Å². The van der Waals surface area contributed by atoms with E-state index in [9.17, 15) is 15.3 Å². The van der Waals surface area contributed by atoms with Crippen LogP contribution >= 0.6 is 0 Å². The minimum Gasteiger partial charge on any atom is -0.497 e. The third-order valence-corrected chi connectivity index (χ3v) is 5.49. The molecule has 0 aromatic heterocycles. The predicted molar refractivity (Wildman–Crippen MR) is 113 cm³/mol. The number of aldehydes is 1. The van der Waals surface area contributed by atoms with Crippen molar-refractivity contribution in [2.45, 2.75) is 0 Å². The average molecular weight is 388 g/mol. The van der Waals surface area contributed by atoms with Gasteiger partial charge in [0, 0.05) is 27.1 Å². The van der Waals surface area contributed by atoms with E-state index in [4.69, 9.17) is 4.74 Å². The van der Waals surface area contributed by atoms with Gasteiger partial charge in [-0.3, -0.25) is 4.79 Å². The van der Waals surface area contributed by atoms with Crippen LogP contribution in [0.15, 0.2) is 58.5 Å². The highest BCUT2D eigenvalue weighted by Crippen LogP contribution is 2.33. The first-order chi connectivity index (χ1) is 14.7. The molecule has 0 N–H and O–H groups in total. The lowest BCUT2D eigenvalue weighted by Gasteiger charge is -1.99. The molecule has 0 aliphatic carbocycles. The molecule has 0 heterocycles. The summed E-state index contributed by atoms with van der Waals surface area (Å²) in [5.41, 5.74) is 0.539. The number of rotatable bonds is 2. The van der Waals surface area contributed by atoms with Gasteiger partial charge in [-0.05, 0) is 57.9 Å². The molecule has 0 amide bonds. The SMILES string of the molecule is COc1ccc2/c(=N\C#N)c3cc4c(cc3c2c1)/c(=N/C#N)c1ccc(C=O)cc14. The number of carbonyl (C=O) groups is 1. The number of ether oxygens (including phenoxy) is 1. The molecule has 0 spiro atoms. The molecule has 0 bridgehead atoms. The molecule has 0 radical (unpaired) electrons. The first kappa shape index (κ1) is 17.5. The molecule has 5 aromatic carbocycles. The third kappa shape index (κ3) is 2.32. The molecular formula is C24H12N4O2. The van der Waals surface area contributed by atoms with E-state index in [1.165, 1.54) is 0 Å². The number of nitriles is 2. The van der Waals surface area contributed by atoms with Crippen LogP contribution in [0.25, 0.3) is 43.1 Å². The van der Waals surface area contributed by atoms with E-state index in [0.29, 0.717) is 22.0 Å². The van der Waals surface area contributed by atoms with E-state index >= 15 is 0 Å². The van der Waals surface area contributed by atoms with Gasteiger partial charge in [0.05, 0.1) is 17.8 Å². The molecule has 0 unspecified atom stereocenters. The highest BCUT2D eigenvalue weighted by atomic mass is 16.5. The van der Waals surface area contributed by atoms with Crippen molar-refractivity contribution in [1.29, 1.82) is 10.5 Å². The van der Waals surface area contributed by atoms with Crippen LogP contribution in [-0.2, 0) is 0 Å². The Morgan fingerprint density at radius 1 is 0.733 bits per heavy atom. The smallest absolute Gasteiger partial charge is 0.206 e. The van der Waals surface area contributed by atoms with Gasteiger partial charge < -0.3 is 4.74 Å². The van der Waals surface area contributed by atoms with Crippen molar-refractivity contribution in [1.82, 2.24) is 0 Å². The second-order valence-electron chi connectivity index (χ2n) is 6.90. The Hall–Kier alpha value is -4.55. The van der Waals surface area contributed by atoms with Gasteiger partial charge in [-0.1, -0.05) is 12.1 Å². The highest BCUT2D eigenvalue weighted by molar-refractivity contribution is 6.21. The average Bonchev–Trinajstić information content (AvgIpc) is 3.25. The normalized spacial score (nSPS) is 12.6. The Labute approximate surface area is 169 Å². The molecule has 6 heteroatoms. The fourth-order valence-electron chi connectivity index (χ4n) is 4.21. The third-order valence-electron chi connectivity index (χ3n) is 5.49. The molecule has 0 aliphatic rings. The number of hydrogen-bond donors (Lipinski definition) is 0. The van der Waals surface area contributed by atoms with E-state index < -0.39 is 0 Å². The molecule has 0 fully saturated rings. The van der Waals surface area contributed by atoms with Crippen molar-refractivity contribution < 1.29 is 9.53 Å². The minimum absolute atomic E-state index is 0.539. The maximum atomic E-state index is 11.3. The quantitative estimate of drug-likeness (QED) is 0.340. The maximum Gasteiger partial charge on any atom is 0.206 e. The zero-order valence-electron chi connectivity index (χ0n) is 15.8. The molecule has 5 rings (SSSR count). The van der Waals surface area contributed by atoms with Gasteiger partial charge in [0.1, 0.15) is 12.0 Å². The first-order valence-corrected chi connectivity index (χ1v) is 9.11. The van der Waals surface area contributed by atoms with Gasteiger partial charge in [-0.25, -0.2) is 0 Å². The summed E-state index contributed by atoms with van der Waals surface area (Å²) in [6, 6.07) is 14.9. The summed E-state index contributed by atoms with van der Waals surface area (Å²) in [5, 5.41) is 26.4. The van der Waals surface area contributed by atoms with Crippen LogP contribution in [-0.4, -0.2) is 13.4 Å². The van der Waals surface area contributed by atoms with Crippen LogP contribution in [0.2, 0.25) is 0 Å². The van der Waals surface area contributed by atoms with E-state index in [0.717, 1.165) is 49.4 Å². The van der Waals surface area contributed by atoms with Crippen LogP contribution in [0.4, 0.5) is 0 Å². The van der Waals surface area contributed by atoms with E-state index in [1.807, 2.05) is 48.8 Å². The number of nitrogens with zero attached hydrogens (tertiary/aromatic N) is 4. The lowest BCUT2D eigenvalue weighted by molar-refractivity contribution is 0.112. The Bertz CT molecular complexity index is 1720. The van der Waals surface area contributed by atoms with Crippen LogP contribution in [0.1, 0.15) is 10.4 Å². The van der Waals surface area contributed by atoms with Crippen LogP contribution in [0.3, 0.4) is 0 Å². The molecule has 6 nitrogen and oxygen atoms in total. The highest BCUT2D eigenvalue weighted by Gasteiger charge is 2.16. The molecule has 0 saturated carbocycles. The topological polar surface area (TPSA) is 98.6 Å². The van der Waals surface area contributed by atoms with Gasteiger partial charge in [-0.2, -0.15) is 20.5 Å². The summed E-state index contributed by atoms with van der Waals surface area (Å²) in [6.45, 7) is 0. The van der Waals surface area contributed by atoms with Crippen molar-refractivity contribution in [2.75, 3.05) is 7.11 Å². The van der Waals surface area contributed by atoms with Crippen molar-refractivity contribution in [2.24, 2.45) is 9.98 Å². The Balaban J connectivity index is 2.09. The van der Waals surface area contributed by atoms with Crippen molar-refractivity contribution >= 4 is 49.4 Å². The van der Waals surface area contributed by atoms with E-state index in [-0.39, 0.29) is 0 Å². The lowest BCUT2D eigenvalue weighted by Crippen LogP contribution is -1.99. The second kappa shape index (κ2) is 6.51. The second-order valence-corrected chi connectivity index (χ2v) is 6.90. The van der Waals surface area contributed by atoms with Crippen LogP contribution in [0, 0.1) is 22.9 Å². The van der Waals surface area contributed by atoms with Gasteiger partial charge in [0.25, 0.3) is 0 Å². The van der Waals surface area contributed by atoms with E-state index in [1.54, 1.807) is 19.2 Å². The molecular weight excluding hydrogens is 376 g/mol. The standard InChI is InChI=1S/C24H12N4O2/c1-30-14-3-5-16-18(7-14)20-9-21-19(8-22(20)24(16)28-12-26)17-6-13(10-29)2-4-15(17)23(21)27-11-25/h2-10H,1H3/b27-23+,28-24+. The number of hydrogen-bond acceptors (Lipinski definition) is 6. The van der Waals surface area contributed by atoms with E-state index in [2.05, 4.69) is 9.98 Å². The zero-order valence-corrected chi connectivity index (χ0v) is 15.8. The van der Waals surface area contributed by atoms with Gasteiger partial charge in [0.2, 0.25) is 12.4 Å². The summed E-state index contributed by atoms with van der Waals surface area (Å²) < 4.78 is 5.37. The summed E-state index contributed by atoms with van der Waals surface area (Å²) in [6.07, 6.45) is 4.57. The fourth-order valence-corrected chi connectivity index (χ4v) is 4.21. The predicted octanol–water partition coefficient (Wildman–Crippen LogP) is 3.76. The maximum absolute atomic E-state index is 11.3. The van der Waals surface area contributed by atoms with Crippen LogP contribution in [0.5, 0.6) is 5.75 Å². The number of fused-ring (bicyclic) bond motifs is 6. The summed E-state index contributed by atoms with van der Waals surface area (Å²) >= 11 is 0. The summed E-state index contributed by atoms with van der Waals surface area (Å²) in [5.74, 6) is 0.697.